The molecule has 3 heterocycles. The molecule has 24 heavy (non-hydrogen) atoms. The number of hydrogen-bond donors (Lipinski definition) is 1. The Morgan fingerprint density at radius 2 is 2.38 bits per heavy atom. The Kier molecular flexibility index (Phi) is 4.76. The average molecular weight is 400 g/mol. The normalized spacial score (nSPS) is 39.1. The molecule has 8 nitrogen and oxygen atoms in total. The number of rotatable bonds is 3. The molecule has 2 saturated heterocycles. The highest BCUT2D eigenvalue weighted by Crippen LogP contribution is 2.61. The highest BCUT2D eigenvalue weighted by Gasteiger charge is 2.62. The van der Waals surface area contributed by atoms with E-state index in [1.807, 2.05) is 0 Å². The van der Waals surface area contributed by atoms with E-state index < -0.39 is 36.0 Å². The van der Waals surface area contributed by atoms with E-state index >= 15 is 4.39 Å². The minimum absolute atomic E-state index is 0.00566. The molecular weight excluding hydrogens is 384 g/mol. The fraction of sp³-hybridized carbons (Fsp3) is 0.667. The quantitative estimate of drug-likeness (QED) is 0.605. The van der Waals surface area contributed by atoms with Gasteiger partial charge in [0.05, 0.1) is 12.7 Å². The fourth-order valence-electron chi connectivity index (χ4n) is 2.48. The number of ether oxygens (including phenoxy) is 1. The van der Waals surface area contributed by atoms with Crippen molar-refractivity contribution in [3.63, 3.8) is 0 Å². The predicted octanol–water partition coefficient (Wildman–Crippen LogP) is 1.69. The zero-order chi connectivity index (χ0) is 17.7. The maximum absolute atomic E-state index is 15.2. The Hall–Kier alpha value is -0.610. The van der Waals surface area contributed by atoms with E-state index in [4.69, 9.17) is 47.4 Å². The number of fused-ring (bicyclic) bond motifs is 1. The standard InChI is InChI=1S/C12H16ClFN3O5PS/c1-6(2)21-23(24)19-5-7-9(22-23)12(13,14)10(20-7)17-4-3-8(15)16-11(17)18/h3-4,6-7,9-10H,5H2,1-2H3,(H2,15,16,18)/t7-,9-,10-,12-,23+/m1/s1. The molecule has 1 aromatic rings. The van der Waals surface area contributed by atoms with Crippen molar-refractivity contribution in [1.82, 2.24) is 9.55 Å². The minimum Gasteiger partial charge on any atom is -0.383 e. The zero-order valence-electron chi connectivity index (χ0n) is 12.8. The van der Waals surface area contributed by atoms with E-state index in [0.29, 0.717) is 0 Å². The van der Waals surface area contributed by atoms with Crippen molar-refractivity contribution in [2.45, 2.75) is 43.5 Å². The first kappa shape index (κ1) is 18.2. The van der Waals surface area contributed by atoms with Crippen LogP contribution in [0.4, 0.5) is 10.2 Å². The van der Waals surface area contributed by atoms with Crippen LogP contribution < -0.4 is 11.4 Å². The number of nitrogens with two attached hydrogens (primary N) is 1. The average Bonchev–Trinajstić information content (AvgIpc) is 2.69. The Bertz CT molecular complexity index is 748. The smallest absolute Gasteiger partial charge is 0.351 e. The van der Waals surface area contributed by atoms with Gasteiger partial charge in [0.25, 0.3) is 5.13 Å². The molecule has 0 aliphatic carbocycles. The van der Waals surface area contributed by atoms with E-state index in [1.165, 1.54) is 12.3 Å². The molecule has 2 N–H and O–H groups in total. The number of nitrogens with zero attached hydrogens (tertiary/aromatic N) is 2. The van der Waals surface area contributed by atoms with Crippen molar-refractivity contribution in [2.24, 2.45) is 0 Å². The van der Waals surface area contributed by atoms with Crippen molar-refractivity contribution in [3.05, 3.63) is 22.7 Å². The first-order chi connectivity index (χ1) is 11.1. The summed E-state index contributed by atoms with van der Waals surface area (Å²) in [5.41, 5.74) is 4.64. The summed E-state index contributed by atoms with van der Waals surface area (Å²) >= 11 is 11.3. The number of halogens is 2. The van der Waals surface area contributed by atoms with Crippen LogP contribution in [-0.4, -0.2) is 39.6 Å². The second-order valence-electron chi connectivity index (χ2n) is 5.67. The Balaban J connectivity index is 1.90. The summed E-state index contributed by atoms with van der Waals surface area (Å²) in [6, 6.07) is 1.34. The van der Waals surface area contributed by atoms with E-state index in [0.717, 1.165) is 4.57 Å². The maximum Gasteiger partial charge on any atom is 0.351 e. The molecule has 2 aliphatic heterocycles. The van der Waals surface area contributed by atoms with Gasteiger partial charge in [0.15, 0.2) is 6.23 Å². The molecule has 0 spiro atoms. The Morgan fingerprint density at radius 3 is 3.00 bits per heavy atom. The van der Waals surface area contributed by atoms with Gasteiger partial charge in [-0.25, -0.2) is 9.18 Å². The monoisotopic (exact) mass is 399 g/mol. The highest BCUT2D eigenvalue weighted by atomic mass is 35.5. The number of alkyl halides is 2. The van der Waals surface area contributed by atoms with Crippen LogP contribution in [0.2, 0.25) is 0 Å². The molecule has 3 rings (SSSR count). The molecule has 5 atom stereocenters. The molecular formula is C12H16ClFN3O5PS. The predicted molar refractivity (Wildman–Crippen MR) is 87.8 cm³/mol. The Labute approximate surface area is 147 Å². The van der Waals surface area contributed by atoms with Crippen LogP contribution >= 0.6 is 18.3 Å². The van der Waals surface area contributed by atoms with Crippen molar-refractivity contribution >= 4 is 35.9 Å². The summed E-state index contributed by atoms with van der Waals surface area (Å²) in [6.45, 7) is 0.301. The van der Waals surface area contributed by atoms with Crippen LogP contribution in [0.5, 0.6) is 0 Å². The van der Waals surface area contributed by atoms with E-state index in [9.17, 15) is 4.79 Å². The van der Waals surface area contributed by atoms with Crippen LogP contribution in [0.3, 0.4) is 0 Å². The van der Waals surface area contributed by atoms with E-state index in [1.54, 1.807) is 13.8 Å². The van der Waals surface area contributed by atoms with Gasteiger partial charge in [-0.15, -0.1) is 0 Å². The summed E-state index contributed by atoms with van der Waals surface area (Å²) in [6.07, 6.45) is -2.55. The van der Waals surface area contributed by atoms with Gasteiger partial charge in [0.2, 0.25) is 0 Å². The molecule has 0 aromatic carbocycles. The van der Waals surface area contributed by atoms with Crippen LogP contribution in [0.25, 0.3) is 0 Å². The van der Waals surface area contributed by atoms with Gasteiger partial charge < -0.3 is 19.5 Å². The fourth-order valence-corrected chi connectivity index (χ4v) is 5.45. The van der Waals surface area contributed by atoms with E-state index in [-0.39, 0.29) is 18.5 Å². The first-order valence-electron chi connectivity index (χ1n) is 7.12. The molecule has 0 radical (unpaired) electrons. The molecule has 0 saturated carbocycles. The van der Waals surface area contributed by atoms with Crippen LogP contribution in [-0.2, 0) is 30.1 Å². The lowest BCUT2D eigenvalue weighted by Crippen LogP contribution is -2.44. The molecule has 0 amide bonds. The topological polar surface area (TPSA) is 97.8 Å². The summed E-state index contributed by atoms with van der Waals surface area (Å²) in [4.78, 5) is 15.5. The largest absolute Gasteiger partial charge is 0.383 e. The summed E-state index contributed by atoms with van der Waals surface area (Å²) in [5.74, 6) is 0.00566. The van der Waals surface area contributed by atoms with Gasteiger partial charge in [0.1, 0.15) is 18.0 Å². The van der Waals surface area contributed by atoms with Crippen molar-refractivity contribution in [3.8, 4) is 0 Å². The maximum atomic E-state index is 15.2. The second kappa shape index (κ2) is 6.28. The lowest BCUT2D eigenvalue weighted by atomic mass is 10.1. The third kappa shape index (κ3) is 3.24. The van der Waals surface area contributed by atoms with Crippen LogP contribution in [0.15, 0.2) is 17.1 Å². The van der Waals surface area contributed by atoms with Gasteiger partial charge in [-0.1, -0.05) is 11.6 Å². The van der Waals surface area contributed by atoms with Gasteiger partial charge in [-0.05, 0) is 31.7 Å². The number of hydrogen-bond acceptors (Lipinski definition) is 8. The molecule has 0 bridgehead atoms. The summed E-state index contributed by atoms with van der Waals surface area (Å²) in [5, 5.41) is -2.56. The van der Waals surface area contributed by atoms with Crippen LogP contribution in [0, 0.1) is 0 Å². The van der Waals surface area contributed by atoms with Gasteiger partial charge in [0, 0.05) is 6.20 Å². The van der Waals surface area contributed by atoms with Gasteiger partial charge in [-0.2, -0.15) is 4.98 Å². The minimum atomic E-state index is -3.15. The summed E-state index contributed by atoms with van der Waals surface area (Å²) < 4.78 is 38.1. The molecule has 2 aliphatic rings. The van der Waals surface area contributed by atoms with E-state index in [2.05, 4.69) is 4.98 Å². The summed E-state index contributed by atoms with van der Waals surface area (Å²) in [7, 11) is 0. The first-order valence-corrected chi connectivity index (χ1v) is 10.0. The Morgan fingerprint density at radius 1 is 1.67 bits per heavy atom. The molecule has 2 fully saturated rings. The third-order valence-electron chi connectivity index (χ3n) is 3.43. The SMILES string of the molecule is CC(C)O[P@@]1(=S)OC[C@H]2O[C@@H](n3ccc(N)nc3=O)[C@@](F)(Cl)[C@@H]2O1. The lowest BCUT2D eigenvalue weighted by Gasteiger charge is -2.35. The van der Waals surface area contributed by atoms with Gasteiger partial charge >= 0.3 is 12.4 Å². The second-order valence-corrected chi connectivity index (χ2v) is 9.16. The molecule has 0 unspecified atom stereocenters. The van der Waals surface area contributed by atoms with Crippen molar-refractivity contribution < 1.29 is 22.7 Å². The molecule has 1 aromatic heterocycles. The highest BCUT2D eigenvalue weighted by molar-refractivity contribution is 8.07. The van der Waals surface area contributed by atoms with Crippen LogP contribution in [0.1, 0.15) is 20.1 Å². The van der Waals surface area contributed by atoms with Gasteiger partial charge in [-0.3, -0.25) is 9.09 Å². The molecule has 134 valence electrons. The number of aromatic nitrogens is 2. The number of anilines is 1. The number of nitrogen functional groups attached to an aromatic ring is 1. The van der Waals surface area contributed by atoms with Crippen molar-refractivity contribution in [1.29, 1.82) is 0 Å². The molecule has 12 heteroatoms. The third-order valence-corrected chi connectivity index (χ3v) is 6.30. The lowest BCUT2D eigenvalue weighted by molar-refractivity contribution is -0.0656. The van der Waals surface area contributed by atoms with Crippen molar-refractivity contribution in [2.75, 3.05) is 12.3 Å². The zero-order valence-corrected chi connectivity index (χ0v) is 15.3.